The Labute approximate surface area is 64.0 Å². The summed E-state index contributed by atoms with van der Waals surface area (Å²) < 4.78 is 0. The first-order chi connectivity index (χ1) is 4.58. The zero-order valence-electron chi connectivity index (χ0n) is 6.89. The van der Waals surface area contributed by atoms with Crippen LogP contribution in [0.4, 0.5) is 0 Å². The van der Waals surface area contributed by atoms with E-state index in [0.29, 0.717) is 0 Å². The average Bonchev–Trinajstić information content (AvgIpc) is 2.12. The third-order valence-electron chi connectivity index (χ3n) is 1.29. The van der Waals surface area contributed by atoms with Crippen LogP contribution in [-0.4, -0.2) is 8.07 Å². The van der Waals surface area contributed by atoms with Gasteiger partial charge in [-0.05, 0) is 5.57 Å². The molecule has 0 nitrogen and oxygen atoms in total. The quantitative estimate of drug-likeness (QED) is 0.504. The molecule has 0 saturated heterocycles. The lowest BCUT2D eigenvalue weighted by molar-refractivity contribution is 1.70. The smallest absolute Gasteiger partial charge is 0.0694 e. The molecule has 0 atom stereocenters. The maximum atomic E-state index is 2.41. The standard InChI is InChI=1S/C9H14Si/c1-10(2,3)8-9-6-4-5-7-9/h4-8H,1-3H3. The highest BCUT2D eigenvalue weighted by Crippen LogP contribution is 2.12. The van der Waals surface area contributed by atoms with E-state index >= 15 is 0 Å². The van der Waals surface area contributed by atoms with Crippen LogP contribution < -0.4 is 0 Å². The molecule has 0 heterocycles. The highest BCUT2D eigenvalue weighted by molar-refractivity contribution is 6.81. The van der Waals surface area contributed by atoms with E-state index in [1.54, 1.807) is 0 Å². The van der Waals surface area contributed by atoms with Crippen molar-refractivity contribution in [3.8, 4) is 0 Å². The van der Waals surface area contributed by atoms with Gasteiger partial charge in [0.1, 0.15) is 0 Å². The topological polar surface area (TPSA) is 0 Å². The first-order valence-electron chi connectivity index (χ1n) is 3.65. The van der Waals surface area contributed by atoms with E-state index in [0.717, 1.165) is 0 Å². The predicted molar refractivity (Wildman–Crippen MR) is 49.7 cm³/mol. The summed E-state index contributed by atoms with van der Waals surface area (Å²) in [6.45, 7) is 7.04. The molecule has 1 rings (SSSR count). The largest absolute Gasteiger partial charge is 0.0879 e. The highest BCUT2D eigenvalue weighted by Gasteiger charge is 2.08. The van der Waals surface area contributed by atoms with Gasteiger partial charge in [-0.15, -0.1) is 0 Å². The lowest BCUT2D eigenvalue weighted by Crippen LogP contribution is -2.16. The molecule has 0 aromatic carbocycles. The molecule has 1 aliphatic rings. The summed E-state index contributed by atoms with van der Waals surface area (Å²) >= 11 is 0. The second-order valence-electron chi connectivity index (χ2n) is 3.73. The molecule has 1 aliphatic carbocycles. The molecular weight excluding hydrogens is 136 g/mol. The van der Waals surface area contributed by atoms with Gasteiger partial charge in [0.15, 0.2) is 0 Å². The summed E-state index contributed by atoms with van der Waals surface area (Å²) in [5.41, 5.74) is 3.80. The van der Waals surface area contributed by atoms with Crippen molar-refractivity contribution in [3.63, 3.8) is 0 Å². The molecule has 0 saturated carbocycles. The van der Waals surface area contributed by atoms with Crippen LogP contribution in [0, 0.1) is 0 Å². The van der Waals surface area contributed by atoms with Crippen molar-refractivity contribution >= 4 is 8.07 Å². The average molecular weight is 150 g/mol. The van der Waals surface area contributed by atoms with Gasteiger partial charge in [-0.1, -0.05) is 49.6 Å². The Bertz CT molecular complexity index is 187. The number of hydrogen-bond acceptors (Lipinski definition) is 0. The van der Waals surface area contributed by atoms with Gasteiger partial charge < -0.3 is 0 Å². The van der Waals surface area contributed by atoms with E-state index in [9.17, 15) is 0 Å². The van der Waals surface area contributed by atoms with Crippen LogP contribution in [0.1, 0.15) is 0 Å². The Morgan fingerprint density at radius 3 is 2.00 bits per heavy atom. The van der Waals surface area contributed by atoms with Gasteiger partial charge in [0.05, 0.1) is 8.07 Å². The van der Waals surface area contributed by atoms with Crippen molar-refractivity contribution in [1.29, 1.82) is 0 Å². The molecule has 0 aliphatic heterocycles. The molecule has 0 N–H and O–H groups in total. The van der Waals surface area contributed by atoms with Crippen molar-refractivity contribution in [1.82, 2.24) is 0 Å². The Hall–Kier alpha value is -0.563. The van der Waals surface area contributed by atoms with E-state index in [1.807, 2.05) is 0 Å². The van der Waals surface area contributed by atoms with Crippen LogP contribution >= 0.6 is 0 Å². The first kappa shape index (κ1) is 7.54. The lowest BCUT2D eigenvalue weighted by atomic mass is 10.3. The van der Waals surface area contributed by atoms with Crippen LogP contribution in [0.3, 0.4) is 0 Å². The summed E-state index contributed by atoms with van der Waals surface area (Å²) in [5.74, 6) is 0. The highest BCUT2D eigenvalue weighted by atomic mass is 28.3. The molecule has 0 aromatic heterocycles. The molecule has 1 heteroatoms. The lowest BCUT2D eigenvalue weighted by Gasteiger charge is -2.09. The van der Waals surface area contributed by atoms with E-state index in [1.165, 1.54) is 5.57 Å². The van der Waals surface area contributed by atoms with Crippen molar-refractivity contribution in [3.05, 3.63) is 35.6 Å². The molecule has 54 valence electrons. The van der Waals surface area contributed by atoms with Gasteiger partial charge >= 0.3 is 0 Å². The van der Waals surface area contributed by atoms with Crippen molar-refractivity contribution < 1.29 is 0 Å². The third kappa shape index (κ3) is 2.36. The Kier molecular flexibility index (Phi) is 1.95. The first-order valence-corrected chi connectivity index (χ1v) is 7.23. The molecule has 0 amide bonds. The van der Waals surface area contributed by atoms with Crippen molar-refractivity contribution in [2.75, 3.05) is 0 Å². The molecule has 0 spiro atoms. The number of hydrogen-bond donors (Lipinski definition) is 0. The SMILES string of the molecule is C[Si](C)(C)C=C1C=CC=C1. The monoisotopic (exact) mass is 150 g/mol. The fraction of sp³-hybridized carbons (Fsp3) is 0.333. The predicted octanol–water partition coefficient (Wildman–Crippen LogP) is 2.92. The maximum absolute atomic E-state index is 2.41. The van der Waals surface area contributed by atoms with Gasteiger partial charge in [0.2, 0.25) is 0 Å². The minimum absolute atomic E-state index is 0.987. The molecule has 0 bridgehead atoms. The summed E-state index contributed by atoms with van der Waals surface area (Å²) in [4.78, 5) is 0. The molecule has 0 radical (unpaired) electrons. The van der Waals surface area contributed by atoms with Gasteiger partial charge in [-0.3, -0.25) is 0 Å². The molecule has 0 fully saturated rings. The zero-order chi connectivity index (χ0) is 7.61. The van der Waals surface area contributed by atoms with Crippen LogP contribution in [-0.2, 0) is 0 Å². The third-order valence-corrected chi connectivity index (χ3v) is 2.49. The molecule has 0 aromatic rings. The second-order valence-corrected chi connectivity index (χ2v) is 8.75. The maximum Gasteiger partial charge on any atom is 0.0694 e. The Morgan fingerprint density at radius 1 is 1.10 bits per heavy atom. The fourth-order valence-corrected chi connectivity index (χ4v) is 2.18. The summed E-state index contributed by atoms with van der Waals surface area (Å²) in [6.07, 6.45) is 8.51. The zero-order valence-corrected chi connectivity index (χ0v) is 7.89. The Balaban J connectivity index is 2.73. The fourth-order valence-electron chi connectivity index (χ4n) is 0.985. The molecular formula is C9H14Si. The summed E-state index contributed by atoms with van der Waals surface area (Å²) in [5, 5.41) is 0. The van der Waals surface area contributed by atoms with Crippen LogP contribution in [0.5, 0.6) is 0 Å². The van der Waals surface area contributed by atoms with Gasteiger partial charge in [-0.2, -0.15) is 0 Å². The number of allylic oxidation sites excluding steroid dienone is 5. The van der Waals surface area contributed by atoms with Crippen molar-refractivity contribution in [2.45, 2.75) is 19.6 Å². The molecule has 0 unspecified atom stereocenters. The van der Waals surface area contributed by atoms with Crippen LogP contribution in [0.15, 0.2) is 35.6 Å². The van der Waals surface area contributed by atoms with Crippen LogP contribution in [0.2, 0.25) is 19.6 Å². The number of rotatable bonds is 1. The normalized spacial score (nSPS) is 16.5. The van der Waals surface area contributed by atoms with E-state index < -0.39 is 8.07 Å². The van der Waals surface area contributed by atoms with Gasteiger partial charge in [0, 0.05) is 0 Å². The molecule has 10 heavy (non-hydrogen) atoms. The Morgan fingerprint density at radius 2 is 1.60 bits per heavy atom. The van der Waals surface area contributed by atoms with E-state index in [4.69, 9.17) is 0 Å². The summed E-state index contributed by atoms with van der Waals surface area (Å²) in [6, 6.07) is 0. The van der Waals surface area contributed by atoms with E-state index in [-0.39, 0.29) is 0 Å². The second kappa shape index (κ2) is 2.58. The van der Waals surface area contributed by atoms with Crippen LogP contribution in [0.25, 0.3) is 0 Å². The van der Waals surface area contributed by atoms with Crippen molar-refractivity contribution in [2.24, 2.45) is 0 Å². The minimum atomic E-state index is -0.987. The summed E-state index contributed by atoms with van der Waals surface area (Å²) in [7, 11) is -0.987. The minimum Gasteiger partial charge on any atom is -0.0879 e. The van der Waals surface area contributed by atoms with Gasteiger partial charge in [-0.25, -0.2) is 0 Å². The van der Waals surface area contributed by atoms with Gasteiger partial charge in [0.25, 0.3) is 0 Å². The van der Waals surface area contributed by atoms with E-state index in [2.05, 4.69) is 49.6 Å².